The number of carboxylic acid groups (broad SMARTS) is 1. The minimum atomic E-state index is -1.18. The van der Waals surface area contributed by atoms with E-state index in [9.17, 15) is 24.3 Å². The van der Waals surface area contributed by atoms with Crippen molar-refractivity contribution in [3.8, 4) is 11.5 Å². The first-order valence-corrected chi connectivity index (χ1v) is 13.5. The van der Waals surface area contributed by atoms with Crippen LogP contribution >= 0.6 is 28.1 Å². The third kappa shape index (κ3) is 6.97. The summed E-state index contributed by atoms with van der Waals surface area (Å²) in [7, 11) is 0. The summed E-state index contributed by atoms with van der Waals surface area (Å²) in [6.07, 6.45) is 1.36. The van der Waals surface area contributed by atoms with Crippen LogP contribution in [0.3, 0.4) is 0 Å². The summed E-state index contributed by atoms with van der Waals surface area (Å²) in [5, 5.41) is 14.4. The highest BCUT2D eigenvalue weighted by atomic mass is 79.9. The highest BCUT2D eigenvalue weighted by molar-refractivity contribution is 9.10. The maximum absolute atomic E-state index is 13.4. The van der Waals surface area contributed by atoms with E-state index in [0.29, 0.717) is 15.7 Å². The molecule has 210 valence electrons. The highest BCUT2D eigenvalue weighted by Gasteiger charge is 2.35. The molecule has 0 saturated carbocycles. The van der Waals surface area contributed by atoms with Crippen LogP contribution in [0.4, 0.5) is 11.4 Å². The Kier molecular flexibility index (Phi) is 9.15. The zero-order valence-electron chi connectivity index (χ0n) is 21.9. The standard InChI is InChI=1S/C29H24BrN3O7S/c1-3-39-23-13-17(12-22(30)25(23)40-15-24(34)31-19-9-7-16(2)8-10-19)11-21-26(35)32-29(41)33(27(21)36)20-6-4-5-18(14-20)28(37)38/h4-14H,3,15H2,1-2H3,(H,31,34)(H,37,38)(H,32,35,41). The van der Waals surface area contributed by atoms with Gasteiger partial charge in [0.15, 0.2) is 23.2 Å². The van der Waals surface area contributed by atoms with E-state index in [2.05, 4.69) is 26.6 Å². The second-order valence-corrected chi connectivity index (χ2v) is 10.0. The molecule has 0 aliphatic carbocycles. The van der Waals surface area contributed by atoms with Crippen LogP contribution in [-0.2, 0) is 14.4 Å². The van der Waals surface area contributed by atoms with Crippen molar-refractivity contribution in [3.63, 3.8) is 0 Å². The molecule has 41 heavy (non-hydrogen) atoms. The fourth-order valence-corrected chi connectivity index (χ4v) is 4.74. The van der Waals surface area contributed by atoms with E-state index >= 15 is 0 Å². The smallest absolute Gasteiger partial charge is 0.335 e. The summed E-state index contributed by atoms with van der Waals surface area (Å²) in [6.45, 7) is 3.70. The van der Waals surface area contributed by atoms with Crippen molar-refractivity contribution in [2.45, 2.75) is 13.8 Å². The molecule has 1 aliphatic rings. The Hall–Kier alpha value is -4.55. The molecule has 1 aliphatic heterocycles. The average Bonchev–Trinajstić information content (AvgIpc) is 2.92. The zero-order chi connectivity index (χ0) is 29.7. The molecule has 0 radical (unpaired) electrons. The van der Waals surface area contributed by atoms with Gasteiger partial charge in [-0.1, -0.05) is 23.8 Å². The van der Waals surface area contributed by atoms with E-state index in [1.165, 1.54) is 30.3 Å². The number of benzene rings is 3. The van der Waals surface area contributed by atoms with E-state index in [0.717, 1.165) is 10.5 Å². The summed E-state index contributed by atoms with van der Waals surface area (Å²) in [4.78, 5) is 51.1. The number of hydrogen-bond donors (Lipinski definition) is 3. The van der Waals surface area contributed by atoms with E-state index in [1.54, 1.807) is 31.2 Å². The third-order valence-electron chi connectivity index (χ3n) is 5.78. The second kappa shape index (κ2) is 12.7. The number of hydrogen-bond acceptors (Lipinski definition) is 7. The molecule has 3 aromatic rings. The van der Waals surface area contributed by atoms with Crippen LogP contribution in [0.2, 0.25) is 0 Å². The number of anilines is 2. The van der Waals surface area contributed by atoms with Gasteiger partial charge in [0.1, 0.15) is 5.57 Å². The molecule has 3 aromatic carbocycles. The van der Waals surface area contributed by atoms with E-state index in [1.807, 2.05) is 19.1 Å². The fourth-order valence-electron chi connectivity index (χ4n) is 3.88. The number of amides is 3. The van der Waals surface area contributed by atoms with E-state index < -0.39 is 17.8 Å². The number of carboxylic acids is 1. The SMILES string of the molecule is CCOc1cc(C=C2C(=O)NC(=S)N(c3cccc(C(=O)O)c3)C2=O)cc(Br)c1OCC(=O)Nc1ccc(C)cc1. The summed E-state index contributed by atoms with van der Waals surface area (Å²) in [5.74, 6) is -2.45. The van der Waals surface area contributed by atoms with Gasteiger partial charge in [-0.3, -0.25) is 24.6 Å². The lowest BCUT2D eigenvalue weighted by atomic mass is 10.1. The largest absolute Gasteiger partial charge is 0.490 e. The molecular formula is C29H24BrN3O7S. The Bertz CT molecular complexity index is 1590. The van der Waals surface area contributed by atoms with Crippen LogP contribution in [0.15, 0.2) is 70.7 Å². The van der Waals surface area contributed by atoms with Gasteiger partial charge in [-0.15, -0.1) is 0 Å². The second-order valence-electron chi connectivity index (χ2n) is 8.78. The topological polar surface area (TPSA) is 134 Å². The number of rotatable bonds is 9. The molecule has 0 aromatic heterocycles. The van der Waals surface area contributed by atoms with Crippen molar-refractivity contribution < 1.29 is 33.8 Å². The van der Waals surface area contributed by atoms with Gasteiger partial charge in [-0.2, -0.15) is 0 Å². The Morgan fingerprint density at radius 2 is 1.83 bits per heavy atom. The van der Waals surface area contributed by atoms with Crippen molar-refractivity contribution in [1.82, 2.24) is 5.32 Å². The van der Waals surface area contributed by atoms with Gasteiger partial charge in [0.25, 0.3) is 17.7 Å². The molecule has 0 unspecified atom stereocenters. The molecule has 12 heteroatoms. The van der Waals surface area contributed by atoms with Gasteiger partial charge >= 0.3 is 5.97 Å². The van der Waals surface area contributed by atoms with Gasteiger partial charge in [-0.25, -0.2) is 4.79 Å². The predicted molar refractivity (Wildman–Crippen MR) is 160 cm³/mol. The number of ether oxygens (including phenoxy) is 2. The first-order valence-electron chi connectivity index (χ1n) is 12.3. The van der Waals surface area contributed by atoms with Crippen LogP contribution in [-0.4, -0.2) is 47.1 Å². The number of carbonyl (C=O) groups is 4. The molecular weight excluding hydrogens is 614 g/mol. The molecule has 3 amide bonds. The Balaban J connectivity index is 1.59. The minimum absolute atomic E-state index is 0.0473. The van der Waals surface area contributed by atoms with Crippen LogP contribution in [0.5, 0.6) is 11.5 Å². The lowest BCUT2D eigenvalue weighted by Crippen LogP contribution is -2.54. The van der Waals surface area contributed by atoms with Gasteiger partial charge in [0, 0.05) is 5.69 Å². The first kappa shape index (κ1) is 29.4. The van der Waals surface area contributed by atoms with Crippen LogP contribution in [0.1, 0.15) is 28.4 Å². The number of carbonyl (C=O) groups excluding carboxylic acids is 3. The summed E-state index contributed by atoms with van der Waals surface area (Å²) in [5.41, 5.74) is 2.02. The molecule has 10 nitrogen and oxygen atoms in total. The number of aromatic carboxylic acids is 1. The molecule has 0 spiro atoms. The summed E-state index contributed by atoms with van der Waals surface area (Å²) >= 11 is 8.63. The monoisotopic (exact) mass is 637 g/mol. The van der Waals surface area contributed by atoms with Crippen molar-refractivity contribution in [2.24, 2.45) is 0 Å². The normalized spacial score (nSPS) is 14.1. The predicted octanol–water partition coefficient (Wildman–Crippen LogP) is 4.70. The Labute approximate surface area is 249 Å². The van der Waals surface area contributed by atoms with Crippen molar-refractivity contribution in [3.05, 3.63) is 87.4 Å². The van der Waals surface area contributed by atoms with Gasteiger partial charge in [-0.05, 0) is 96.1 Å². The number of halogens is 1. The summed E-state index contributed by atoms with van der Waals surface area (Å²) < 4.78 is 11.9. The lowest BCUT2D eigenvalue weighted by Gasteiger charge is -2.29. The van der Waals surface area contributed by atoms with Gasteiger partial charge < -0.3 is 19.9 Å². The van der Waals surface area contributed by atoms with Crippen LogP contribution in [0, 0.1) is 6.92 Å². The third-order valence-corrected chi connectivity index (χ3v) is 6.65. The Morgan fingerprint density at radius 1 is 1.10 bits per heavy atom. The Morgan fingerprint density at radius 3 is 2.51 bits per heavy atom. The number of nitrogens with zero attached hydrogens (tertiary/aromatic N) is 1. The quantitative estimate of drug-likeness (QED) is 0.175. The first-order chi connectivity index (χ1) is 19.6. The van der Waals surface area contributed by atoms with Crippen LogP contribution < -0.4 is 25.0 Å². The maximum Gasteiger partial charge on any atom is 0.335 e. The van der Waals surface area contributed by atoms with Gasteiger partial charge in [0.05, 0.1) is 22.3 Å². The van der Waals surface area contributed by atoms with Crippen molar-refractivity contribution in [1.29, 1.82) is 0 Å². The lowest BCUT2D eigenvalue weighted by molar-refractivity contribution is -0.122. The van der Waals surface area contributed by atoms with Gasteiger partial charge in [0.2, 0.25) is 0 Å². The maximum atomic E-state index is 13.4. The van der Waals surface area contributed by atoms with E-state index in [-0.39, 0.29) is 52.6 Å². The molecule has 0 atom stereocenters. The molecule has 1 heterocycles. The highest BCUT2D eigenvalue weighted by Crippen LogP contribution is 2.38. The molecule has 0 bridgehead atoms. The number of thiocarbonyl (C=S) groups is 1. The molecule has 3 N–H and O–H groups in total. The minimum Gasteiger partial charge on any atom is -0.490 e. The number of aryl methyl sites for hydroxylation is 1. The van der Waals surface area contributed by atoms with Crippen molar-refractivity contribution in [2.75, 3.05) is 23.4 Å². The molecule has 1 saturated heterocycles. The van der Waals surface area contributed by atoms with Crippen molar-refractivity contribution >= 4 is 74.4 Å². The number of nitrogens with one attached hydrogen (secondary N) is 2. The zero-order valence-corrected chi connectivity index (χ0v) is 24.3. The average molecular weight is 638 g/mol. The summed E-state index contributed by atoms with van der Waals surface area (Å²) in [6, 6.07) is 16.1. The van der Waals surface area contributed by atoms with Crippen LogP contribution in [0.25, 0.3) is 6.08 Å². The fraction of sp³-hybridized carbons (Fsp3) is 0.138. The molecule has 1 fully saturated rings. The molecule has 4 rings (SSSR count). The van der Waals surface area contributed by atoms with E-state index in [4.69, 9.17) is 21.7 Å².